The lowest BCUT2D eigenvalue weighted by molar-refractivity contribution is -0.139. The molecule has 2 aliphatic rings. The summed E-state index contributed by atoms with van der Waals surface area (Å²) in [4.78, 5) is 27.7. The minimum absolute atomic E-state index is 0.0208. The topological polar surface area (TPSA) is 124 Å². The third-order valence-corrected chi connectivity index (χ3v) is 6.17. The fraction of sp³-hybridized carbons (Fsp3) is 0.296. The molecule has 36 heavy (non-hydrogen) atoms. The van der Waals surface area contributed by atoms with Crippen LogP contribution in [0.1, 0.15) is 24.3 Å². The van der Waals surface area contributed by atoms with E-state index >= 15 is 0 Å². The van der Waals surface area contributed by atoms with Gasteiger partial charge < -0.3 is 24.7 Å². The fourth-order valence-electron chi connectivity index (χ4n) is 4.49. The van der Waals surface area contributed by atoms with E-state index in [4.69, 9.17) is 24.7 Å². The second-order valence-corrected chi connectivity index (χ2v) is 8.25. The number of hydrogen-bond acceptors (Lipinski definition) is 9. The zero-order valence-corrected chi connectivity index (χ0v) is 20.1. The number of esters is 2. The summed E-state index contributed by atoms with van der Waals surface area (Å²) in [6, 6.07) is 17.9. The van der Waals surface area contributed by atoms with Crippen LogP contribution in [0.4, 0.5) is 5.69 Å². The Morgan fingerprint density at radius 1 is 1.08 bits per heavy atom. The smallest absolute Gasteiger partial charge is 0.355 e. The molecule has 1 fully saturated rings. The van der Waals surface area contributed by atoms with Crippen LogP contribution in [0.25, 0.3) is 0 Å². The van der Waals surface area contributed by atoms with Gasteiger partial charge in [-0.05, 0) is 30.5 Å². The Kier molecular flexibility index (Phi) is 7.56. The molecule has 4 rings (SSSR count). The van der Waals surface area contributed by atoms with Crippen molar-refractivity contribution in [2.45, 2.75) is 24.9 Å². The van der Waals surface area contributed by atoms with Crippen molar-refractivity contribution in [1.82, 2.24) is 0 Å². The third kappa shape index (κ3) is 4.63. The standard InChI is InChI=1S/C27H27N3O6/c1-33-26(31)23-22(17-9-4-3-5-10-17)19(15-28)25(29)30(24(23)27(32)34-2)20-12-6-7-13-21(20)36-16-18-11-8-14-35-18/h3-7,9-10,12-13,18,22H,8,11,14,16,29H2,1-2H3. The lowest BCUT2D eigenvalue weighted by atomic mass is 9.81. The highest BCUT2D eigenvalue weighted by molar-refractivity contribution is 6.06. The first-order chi connectivity index (χ1) is 17.5. The molecule has 0 aromatic heterocycles. The molecule has 9 heteroatoms. The molecule has 0 bridgehead atoms. The number of carbonyl (C=O) groups is 2. The summed E-state index contributed by atoms with van der Waals surface area (Å²) in [5, 5.41) is 10.2. The predicted octanol–water partition coefficient (Wildman–Crippen LogP) is 3.14. The highest BCUT2D eigenvalue weighted by atomic mass is 16.5. The van der Waals surface area contributed by atoms with Crippen LogP contribution < -0.4 is 15.4 Å². The maximum atomic E-state index is 13.2. The van der Waals surface area contributed by atoms with Crippen LogP contribution in [-0.2, 0) is 23.8 Å². The Morgan fingerprint density at radius 3 is 2.42 bits per heavy atom. The molecule has 1 saturated heterocycles. The number of nitrogens with two attached hydrogens (primary N) is 1. The Labute approximate surface area is 209 Å². The number of benzene rings is 2. The molecular formula is C27H27N3O6. The number of allylic oxidation sites excluding steroid dienone is 1. The van der Waals surface area contributed by atoms with Gasteiger partial charge in [0.15, 0.2) is 0 Å². The van der Waals surface area contributed by atoms with Crippen molar-refractivity contribution in [3.05, 3.63) is 82.8 Å². The lowest BCUT2D eigenvalue weighted by Gasteiger charge is -2.36. The van der Waals surface area contributed by atoms with Crippen LogP contribution in [0.5, 0.6) is 5.75 Å². The molecule has 0 radical (unpaired) electrons. The van der Waals surface area contributed by atoms with Crippen LogP contribution in [0.3, 0.4) is 0 Å². The van der Waals surface area contributed by atoms with Gasteiger partial charge in [0, 0.05) is 6.61 Å². The monoisotopic (exact) mass is 489 g/mol. The Balaban J connectivity index is 1.93. The highest BCUT2D eigenvalue weighted by Crippen LogP contribution is 2.45. The van der Waals surface area contributed by atoms with Crippen molar-refractivity contribution in [3.63, 3.8) is 0 Å². The van der Waals surface area contributed by atoms with E-state index in [1.807, 2.05) is 6.07 Å². The summed E-state index contributed by atoms with van der Waals surface area (Å²) in [5.41, 5.74) is 7.42. The molecule has 2 atom stereocenters. The van der Waals surface area contributed by atoms with Gasteiger partial charge in [0.05, 0.1) is 49.1 Å². The van der Waals surface area contributed by atoms with Crippen LogP contribution in [-0.4, -0.2) is 45.5 Å². The normalized spacial score (nSPS) is 19.6. The zero-order chi connectivity index (χ0) is 25.7. The second kappa shape index (κ2) is 11.0. The molecule has 186 valence electrons. The first-order valence-electron chi connectivity index (χ1n) is 11.5. The number of anilines is 1. The number of nitrogens with zero attached hydrogens (tertiary/aromatic N) is 2. The molecule has 2 N–H and O–H groups in total. The number of rotatable bonds is 7. The molecule has 2 aromatic rings. The summed E-state index contributed by atoms with van der Waals surface area (Å²) in [7, 11) is 2.42. The number of ether oxygens (including phenoxy) is 4. The summed E-state index contributed by atoms with van der Waals surface area (Å²) in [6.07, 6.45) is 1.79. The summed E-state index contributed by atoms with van der Waals surface area (Å²) in [6.45, 7) is 0.981. The minimum Gasteiger partial charge on any atom is -0.489 e. The van der Waals surface area contributed by atoms with E-state index in [1.165, 1.54) is 19.1 Å². The van der Waals surface area contributed by atoms with Gasteiger partial charge in [-0.25, -0.2) is 9.59 Å². The van der Waals surface area contributed by atoms with Gasteiger partial charge in [0.2, 0.25) is 0 Å². The van der Waals surface area contributed by atoms with Gasteiger partial charge in [-0.1, -0.05) is 42.5 Å². The van der Waals surface area contributed by atoms with Gasteiger partial charge >= 0.3 is 11.9 Å². The Bertz CT molecular complexity index is 1240. The van der Waals surface area contributed by atoms with Gasteiger partial charge in [-0.2, -0.15) is 5.26 Å². The first kappa shape index (κ1) is 24.8. The molecule has 0 spiro atoms. The fourth-order valence-corrected chi connectivity index (χ4v) is 4.49. The summed E-state index contributed by atoms with van der Waals surface area (Å²) in [5.74, 6) is -2.16. The van der Waals surface area contributed by atoms with Crippen LogP contribution >= 0.6 is 0 Å². The van der Waals surface area contributed by atoms with E-state index in [1.54, 1.807) is 48.5 Å². The first-order valence-corrected chi connectivity index (χ1v) is 11.5. The van der Waals surface area contributed by atoms with Crippen LogP contribution in [0.15, 0.2) is 77.3 Å². The van der Waals surface area contributed by atoms with Gasteiger partial charge in [-0.3, -0.25) is 4.90 Å². The van der Waals surface area contributed by atoms with E-state index in [0.29, 0.717) is 30.2 Å². The average molecular weight is 490 g/mol. The average Bonchev–Trinajstić information content (AvgIpc) is 3.45. The molecule has 2 aliphatic heterocycles. The highest BCUT2D eigenvalue weighted by Gasteiger charge is 2.43. The molecule has 2 heterocycles. The Morgan fingerprint density at radius 2 is 1.78 bits per heavy atom. The van der Waals surface area contributed by atoms with Crippen molar-refractivity contribution >= 4 is 17.6 Å². The van der Waals surface area contributed by atoms with Crippen molar-refractivity contribution < 1.29 is 28.5 Å². The molecule has 0 amide bonds. The summed E-state index contributed by atoms with van der Waals surface area (Å²) >= 11 is 0. The van der Waals surface area contributed by atoms with Crippen molar-refractivity contribution in [1.29, 1.82) is 5.26 Å². The minimum atomic E-state index is -0.936. The number of carbonyl (C=O) groups excluding carboxylic acids is 2. The van der Waals surface area contributed by atoms with E-state index in [2.05, 4.69) is 6.07 Å². The number of para-hydroxylation sites is 2. The van der Waals surface area contributed by atoms with Crippen molar-refractivity contribution in [2.24, 2.45) is 5.73 Å². The van der Waals surface area contributed by atoms with Gasteiger partial charge in [0.1, 0.15) is 23.9 Å². The number of nitriles is 1. The number of methoxy groups -OCH3 is 2. The molecular weight excluding hydrogens is 462 g/mol. The van der Waals surface area contributed by atoms with Gasteiger partial charge in [0.25, 0.3) is 0 Å². The van der Waals surface area contributed by atoms with E-state index < -0.39 is 17.9 Å². The maximum Gasteiger partial charge on any atom is 0.355 e. The third-order valence-electron chi connectivity index (χ3n) is 6.17. The quantitative estimate of drug-likeness (QED) is 0.584. The van der Waals surface area contributed by atoms with E-state index in [0.717, 1.165) is 12.8 Å². The van der Waals surface area contributed by atoms with Crippen LogP contribution in [0.2, 0.25) is 0 Å². The van der Waals surface area contributed by atoms with E-state index in [-0.39, 0.29) is 28.8 Å². The lowest BCUT2D eigenvalue weighted by Crippen LogP contribution is -2.41. The van der Waals surface area contributed by atoms with Crippen molar-refractivity contribution in [3.8, 4) is 11.8 Å². The Hall–Kier alpha value is -4.29. The SMILES string of the molecule is COC(=O)C1=C(C(=O)OC)N(c2ccccc2OCC2CCCO2)C(N)=C(C#N)C1c1ccccc1. The van der Waals surface area contributed by atoms with Crippen molar-refractivity contribution in [2.75, 3.05) is 32.3 Å². The molecule has 0 saturated carbocycles. The van der Waals surface area contributed by atoms with Crippen LogP contribution in [0, 0.1) is 11.3 Å². The zero-order valence-electron chi connectivity index (χ0n) is 20.1. The van der Waals surface area contributed by atoms with Gasteiger partial charge in [-0.15, -0.1) is 0 Å². The predicted molar refractivity (Wildman–Crippen MR) is 130 cm³/mol. The summed E-state index contributed by atoms with van der Waals surface area (Å²) < 4.78 is 21.9. The maximum absolute atomic E-state index is 13.2. The molecule has 9 nitrogen and oxygen atoms in total. The second-order valence-electron chi connectivity index (χ2n) is 8.25. The molecule has 0 aliphatic carbocycles. The molecule has 2 unspecified atom stereocenters. The largest absolute Gasteiger partial charge is 0.489 e. The molecule has 2 aromatic carbocycles. The van der Waals surface area contributed by atoms with E-state index in [9.17, 15) is 14.9 Å². The number of hydrogen-bond donors (Lipinski definition) is 1.